The van der Waals surface area contributed by atoms with E-state index in [0.29, 0.717) is 12.5 Å². The van der Waals surface area contributed by atoms with E-state index in [-0.39, 0.29) is 17.6 Å². The average molecular weight is 455 g/mol. The molecule has 0 saturated carbocycles. The van der Waals surface area contributed by atoms with Crippen molar-refractivity contribution >= 4 is 33.5 Å². The number of halogens is 2. The van der Waals surface area contributed by atoms with Gasteiger partial charge in [0.05, 0.1) is 5.92 Å². The summed E-state index contributed by atoms with van der Waals surface area (Å²) in [7, 11) is 0. The molecule has 1 aliphatic heterocycles. The van der Waals surface area contributed by atoms with Gasteiger partial charge in [0.2, 0.25) is 11.9 Å². The van der Waals surface area contributed by atoms with E-state index in [0.717, 1.165) is 40.7 Å². The summed E-state index contributed by atoms with van der Waals surface area (Å²) >= 11 is 3.40. The number of benzene rings is 2. The van der Waals surface area contributed by atoms with Crippen LogP contribution in [-0.2, 0) is 4.79 Å². The van der Waals surface area contributed by atoms with Gasteiger partial charge in [-0.1, -0.05) is 28.1 Å². The van der Waals surface area contributed by atoms with Crippen LogP contribution in [0.25, 0.3) is 11.1 Å². The van der Waals surface area contributed by atoms with Crippen molar-refractivity contribution in [1.82, 2.24) is 9.97 Å². The van der Waals surface area contributed by atoms with Gasteiger partial charge in [-0.2, -0.15) is 0 Å². The number of anilines is 2. The maximum absolute atomic E-state index is 13.1. The zero-order valence-electron chi connectivity index (χ0n) is 15.7. The van der Waals surface area contributed by atoms with Crippen LogP contribution >= 0.6 is 15.9 Å². The average Bonchev–Trinajstić information content (AvgIpc) is 2.76. The van der Waals surface area contributed by atoms with Crippen LogP contribution in [0, 0.1) is 11.7 Å². The largest absolute Gasteiger partial charge is 0.340 e. The molecular formula is C22H20BrFN4O. The number of carbonyl (C=O) groups is 1. The molecule has 1 N–H and O–H groups in total. The molecule has 5 nitrogen and oxygen atoms in total. The number of aromatic nitrogens is 2. The summed E-state index contributed by atoms with van der Waals surface area (Å²) < 4.78 is 14.1. The van der Waals surface area contributed by atoms with Gasteiger partial charge in [-0.15, -0.1) is 0 Å². The summed E-state index contributed by atoms with van der Waals surface area (Å²) in [5, 5.41) is 2.99. The van der Waals surface area contributed by atoms with Gasteiger partial charge in [-0.3, -0.25) is 4.79 Å². The first-order valence-electron chi connectivity index (χ1n) is 9.48. The SMILES string of the molecule is O=C(Nc1ccc(Br)cc1)[C@H]1CCCN(c2ncc(-c3ccc(F)cc3)cn2)C1. The maximum Gasteiger partial charge on any atom is 0.229 e. The molecule has 1 fully saturated rings. The van der Waals surface area contributed by atoms with Crippen molar-refractivity contribution in [3.63, 3.8) is 0 Å². The fraction of sp³-hybridized carbons (Fsp3) is 0.227. The Balaban J connectivity index is 1.41. The van der Waals surface area contributed by atoms with Crippen LogP contribution in [0.2, 0.25) is 0 Å². The molecule has 1 atom stereocenters. The van der Waals surface area contributed by atoms with Gasteiger partial charge in [0, 0.05) is 41.2 Å². The van der Waals surface area contributed by atoms with Crippen LogP contribution in [0.4, 0.5) is 16.0 Å². The first-order chi connectivity index (χ1) is 14.1. The molecule has 2 heterocycles. The van der Waals surface area contributed by atoms with E-state index in [1.54, 1.807) is 24.5 Å². The van der Waals surface area contributed by atoms with E-state index >= 15 is 0 Å². The molecule has 0 aliphatic carbocycles. The Hall–Kier alpha value is -2.80. The minimum Gasteiger partial charge on any atom is -0.340 e. The summed E-state index contributed by atoms with van der Waals surface area (Å²) in [6, 6.07) is 13.8. The predicted molar refractivity (Wildman–Crippen MR) is 115 cm³/mol. The van der Waals surface area contributed by atoms with Gasteiger partial charge < -0.3 is 10.2 Å². The lowest BCUT2D eigenvalue weighted by Gasteiger charge is -2.32. The zero-order chi connectivity index (χ0) is 20.2. The highest BCUT2D eigenvalue weighted by Gasteiger charge is 2.27. The molecular weight excluding hydrogens is 435 g/mol. The number of piperidine rings is 1. The van der Waals surface area contributed by atoms with E-state index in [2.05, 4.69) is 31.2 Å². The maximum atomic E-state index is 13.1. The van der Waals surface area contributed by atoms with Crippen molar-refractivity contribution in [2.75, 3.05) is 23.3 Å². The highest BCUT2D eigenvalue weighted by atomic mass is 79.9. The van der Waals surface area contributed by atoms with Crippen molar-refractivity contribution in [2.24, 2.45) is 5.92 Å². The summed E-state index contributed by atoms with van der Waals surface area (Å²) in [5.74, 6) is 0.233. The number of hydrogen-bond acceptors (Lipinski definition) is 4. The van der Waals surface area contributed by atoms with Crippen molar-refractivity contribution in [3.8, 4) is 11.1 Å². The third-order valence-corrected chi connectivity index (χ3v) is 5.53. The number of rotatable bonds is 4. The molecule has 4 rings (SSSR count). The van der Waals surface area contributed by atoms with Crippen molar-refractivity contribution in [1.29, 1.82) is 0 Å². The lowest BCUT2D eigenvalue weighted by Crippen LogP contribution is -2.41. The molecule has 0 spiro atoms. The Labute approximate surface area is 177 Å². The number of amides is 1. The molecule has 1 aliphatic rings. The second-order valence-corrected chi connectivity index (χ2v) is 7.98. The molecule has 2 aromatic carbocycles. The van der Waals surface area contributed by atoms with E-state index < -0.39 is 0 Å². The first kappa shape index (κ1) is 19.5. The Morgan fingerprint density at radius 1 is 1.03 bits per heavy atom. The number of nitrogens with zero attached hydrogens (tertiary/aromatic N) is 3. The Morgan fingerprint density at radius 2 is 1.72 bits per heavy atom. The molecule has 0 radical (unpaired) electrons. The summed E-state index contributed by atoms with van der Waals surface area (Å²) in [5.41, 5.74) is 2.48. The molecule has 29 heavy (non-hydrogen) atoms. The van der Waals surface area contributed by atoms with Gasteiger partial charge >= 0.3 is 0 Å². The van der Waals surface area contributed by atoms with Crippen molar-refractivity contribution < 1.29 is 9.18 Å². The first-order valence-corrected chi connectivity index (χ1v) is 10.3. The lowest BCUT2D eigenvalue weighted by molar-refractivity contribution is -0.120. The summed E-state index contributed by atoms with van der Waals surface area (Å²) in [6.07, 6.45) is 5.22. The number of nitrogens with one attached hydrogen (secondary N) is 1. The quantitative estimate of drug-likeness (QED) is 0.608. The van der Waals surface area contributed by atoms with E-state index in [9.17, 15) is 9.18 Å². The molecule has 1 amide bonds. The molecule has 1 aromatic heterocycles. The van der Waals surface area contributed by atoms with Gasteiger partial charge in [-0.05, 0) is 54.8 Å². The Bertz CT molecular complexity index is 977. The van der Waals surface area contributed by atoms with Gasteiger partial charge in [-0.25, -0.2) is 14.4 Å². The normalized spacial score (nSPS) is 16.5. The fourth-order valence-corrected chi connectivity index (χ4v) is 3.69. The van der Waals surface area contributed by atoms with Crippen LogP contribution in [0.15, 0.2) is 65.4 Å². The summed E-state index contributed by atoms with van der Waals surface area (Å²) in [6.45, 7) is 1.40. The molecule has 1 saturated heterocycles. The minimum atomic E-state index is -0.271. The molecule has 0 unspecified atom stereocenters. The van der Waals surface area contributed by atoms with Crippen LogP contribution in [0.5, 0.6) is 0 Å². The molecule has 148 valence electrons. The smallest absolute Gasteiger partial charge is 0.229 e. The second kappa shape index (κ2) is 8.69. The Morgan fingerprint density at radius 3 is 2.41 bits per heavy atom. The third kappa shape index (κ3) is 4.79. The monoisotopic (exact) mass is 454 g/mol. The standard InChI is InChI=1S/C22H20BrFN4O/c23-18-5-9-20(10-6-18)27-21(29)16-2-1-11-28(14-16)22-25-12-17(13-26-22)15-3-7-19(24)8-4-15/h3-10,12-13,16H,1-2,11,14H2,(H,27,29)/t16-/m0/s1. The molecule has 0 bridgehead atoms. The van der Waals surface area contributed by atoms with Gasteiger partial charge in [0.25, 0.3) is 0 Å². The number of carbonyl (C=O) groups excluding carboxylic acids is 1. The van der Waals surface area contributed by atoms with E-state index in [4.69, 9.17) is 0 Å². The third-order valence-electron chi connectivity index (χ3n) is 5.00. The second-order valence-electron chi connectivity index (χ2n) is 7.06. The highest BCUT2D eigenvalue weighted by molar-refractivity contribution is 9.10. The van der Waals surface area contributed by atoms with Gasteiger partial charge in [0.1, 0.15) is 5.82 Å². The topological polar surface area (TPSA) is 58.1 Å². The van der Waals surface area contributed by atoms with Crippen LogP contribution in [-0.4, -0.2) is 29.0 Å². The van der Waals surface area contributed by atoms with Crippen LogP contribution in [0.1, 0.15) is 12.8 Å². The van der Waals surface area contributed by atoms with Crippen molar-refractivity contribution in [2.45, 2.75) is 12.8 Å². The Kier molecular flexibility index (Phi) is 5.85. The fourth-order valence-electron chi connectivity index (χ4n) is 3.43. The molecule has 3 aromatic rings. The van der Waals surface area contributed by atoms with Crippen molar-refractivity contribution in [3.05, 3.63) is 71.2 Å². The highest BCUT2D eigenvalue weighted by Crippen LogP contribution is 2.24. The molecule has 7 heteroatoms. The minimum absolute atomic E-state index is 0.0138. The van der Waals surface area contributed by atoms with E-state index in [1.165, 1.54) is 12.1 Å². The van der Waals surface area contributed by atoms with E-state index in [1.807, 2.05) is 29.2 Å². The number of hydrogen-bond donors (Lipinski definition) is 1. The summed E-state index contributed by atoms with van der Waals surface area (Å²) in [4.78, 5) is 23.7. The van der Waals surface area contributed by atoms with Gasteiger partial charge in [0.15, 0.2) is 0 Å². The predicted octanol–water partition coefficient (Wildman–Crippen LogP) is 4.90. The lowest BCUT2D eigenvalue weighted by atomic mass is 9.97. The van der Waals surface area contributed by atoms with Crippen LogP contribution < -0.4 is 10.2 Å². The zero-order valence-corrected chi connectivity index (χ0v) is 17.3. The van der Waals surface area contributed by atoms with Crippen LogP contribution in [0.3, 0.4) is 0 Å².